The summed E-state index contributed by atoms with van der Waals surface area (Å²) in [6.07, 6.45) is 2.18. The molecule has 0 aromatic heterocycles. The maximum absolute atomic E-state index is 12.5. The topological polar surface area (TPSA) is 65.1 Å². The smallest absolute Gasteiger partial charge is 0.307 e. The van der Waals surface area contributed by atoms with Crippen molar-refractivity contribution in [3.05, 3.63) is 24.3 Å². The molecule has 0 saturated heterocycles. The summed E-state index contributed by atoms with van der Waals surface area (Å²) in [5.41, 5.74) is 0. The van der Waals surface area contributed by atoms with Crippen molar-refractivity contribution in [3.63, 3.8) is 0 Å². The number of hydrogen-bond donors (Lipinski definition) is 0. The van der Waals surface area contributed by atoms with E-state index in [1.807, 2.05) is 24.3 Å². The van der Waals surface area contributed by atoms with Gasteiger partial charge in [0.1, 0.15) is 11.5 Å². The summed E-state index contributed by atoms with van der Waals surface area (Å²) in [4.78, 5) is 25.9. The lowest BCUT2D eigenvalue weighted by atomic mass is 10.1. The average Bonchev–Trinajstić information content (AvgIpc) is 2.65. The molecule has 0 atom stereocenters. The van der Waals surface area contributed by atoms with Gasteiger partial charge in [-0.15, -0.1) is 0 Å². The largest absolute Gasteiger partial charge is 0.497 e. The molecule has 0 unspecified atom stereocenters. The molecule has 0 radical (unpaired) electrons. The lowest BCUT2D eigenvalue weighted by Crippen LogP contribution is -2.34. The maximum Gasteiger partial charge on any atom is 0.307 e. The number of esters is 1. The van der Waals surface area contributed by atoms with Crippen LogP contribution in [-0.4, -0.2) is 50.2 Å². The van der Waals surface area contributed by atoms with Gasteiger partial charge in [0, 0.05) is 19.5 Å². The Hall–Kier alpha value is -2.24. The minimum atomic E-state index is -0.261. The fraction of sp³-hybridized carbons (Fsp3) is 0.619. The zero-order valence-corrected chi connectivity index (χ0v) is 17.0. The minimum absolute atomic E-state index is 0.0540. The Labute approximate surface area is 162 Å². The average molecular weight is 379 g/mol. The van der Waals surface area contributed by atoms with Gasteiger partial charge in [-0.2, -0.15) is 0 Å². The summed E-state index contributed by atoms with van der Waals surface area (Å²) in [5.74, 6) is 1.82. The first-order valence-corrected chi connectivity index (χ1v) is 9.66. The van der Waals surface area contributed by atoms with Crippen molar-refractivity contribution in [1.82, 2.24) is 4.90 Å². The highest BCUT2D eigenvalue weighted by Crippen LogP contribution is 2.17. The second kappa shape index (κ2) is 13.0. The predicted octanol–water partition coefficient (Wildman–Crippen LogP) is 3.68. The summed E-state index contributed by atoms with van der Waals surface area (Å²) < 4.78 is 15.7. The number of hydrogen-bond acceptors (Lipinski definition) is 5. The van der Waals surface area contributed by atoms with Crippen LogP contribution in [0.1, 0.15) is 46.5 Å². The van der Waals surface area contributed by atoms with Crippen LogP contribution in [-0.2, 0) is 14.3 Å². The van der Waals surface area contributed by atoms with E-state index < -0.39 is 0 Å². The van der Waals surface area contributed by atoms with Gasteiger partial charge in [0.15, 0.2) is 0 Å². The Morgan fingerprint density at radius 1 is 1.04 bits per heavy atom. The normalized spacial score (nSPS) is 10.6. The van der Waals surface area contributed by atoms with E-state index >= 15 is 0 Å². The Balaban J connectivity index is 2.40. The number of rotatable bonds is 13. The summed E-state index contributed by atoms with van der Waals surface area (Å²) >= 11 is 0. The fourth-order valence-corrected chi connectivity index (χ4v) is 2.48. The van der Waals surface area contributed by atoms with Gasteiger partial charge in [0.25, 0.3) is 0 Å². The van der Waals surface area contributed by atoms with E-state index in [1.165, 1.54) is 0 Å². The van der Waals surface area contributed by atoms with Crippen LogP contribution in [0.2, 0.25) is 0 Å². The predicted molar refractivity (Wildman–Crippen MR) is 105 cm³/mol. The number of benzene rings is 1. The van der Waals surface area contributed by atoms with Gasteiger partial charge in [-0.25, -0.2) is 0 Å². The summed E-state index contributed by atoms with van der Waals surface area (Å²) in [5, 5.41) is 0. The second-order valence-electron chi connectivity index (χ2n) is 6.75. The second-order valence-corrected chi connectivity index (χ2v) is 6.75. The molecule has 1 amide bonds. The Morgan fingerprint density at radius 3 is 2.30 bits per heavy atom. The van der Waals surface area contributed by atoms with E-state index in [2.05, 4.69) is 13.8 Å². The molecule has 6 nitrogen and oxygen atoms in total. The third kappa shape index (κ3) is 9.87. The standard InChI is InChI=1S/C21H33NO5/c1-5-26-21(24)13-15-22(14-12-17(2)3)20(23)7-6-16-27-19-10-8-18(25-4)9-11-19/h8-11,17H,5-7,12-16H2,1-4H3. The molecular weight excluding hydrogens is 346 g/mol. The number of carbonyl (C=O) groups excluding carboxylic acids is 2. The van der Waals surface area contributed by atoms with Crippen LogP contribution in [0.15, 0.2) is 24.3 Å². The number of amides is 1. The van der Waals surface area contributed by atoms with Gasteiger partial charge in [-0.3, -0.25) is 9.59 Å². The van der Waals surface area contributed by atoms with Gasteiger partial charge in [0.2, 0.25) is 5.91 Å². The number of methoxy groups -OCH3 is 1. The van der Waals surface area contributed by atoms with Gasteiger partial charge in [-0.1, -0.05) is 13.8 Å². The maximum atomic E-state index is 12.5. The lowest BCUT2D eigenvalue weighted by Gasteiger charge is -2.23. The van der Waals surface area contributed by atoms with Crippen molar-refractivity contribution in [2.45, 2.75) is 46.5 Å². The quantitative estimate of drug-likeness (QED) is 0.386. The minimum Gasteiger partial charge on any atom is -0.497 e. The first-order valence-electron chi connectivity index (χ1n) is 9.66. The van der Waals surface area contributed by atoms with Gasteiger partial charge >= 0.3 is 5.97 Å². The molecule has 0 spiro atoms. The monoisotopic (exact) mass is 379 g/mol. The van der Waals surface area contributed by atoms with Crippen LogP contribution in [0.4, 0.5) is 0 Å². The van der Waals surface area contributed by atoms with Gasteiger partial charge in [0.05, 0.1) is 26.7 Å². The van der Waals surface area contributed by atoms with Crippen molar-refractivity contribution in [1.29, 1.82) is 0 Å². The number of ether oxygens (including phenoxy) is 3. The van der Waals surface area contributed by atoms with Crippen LogP contribution >= 0.6 is 0 Å². The highest BCUT2D eigenvalue weighted by Gasteiger charge is 2.15. The third-order valence-electron chi connectivity index (χ3n) is 4.08. The zero-order chi connectivity index (χ0) is 20.1. The van der Waals surface area contributed by atoms with Crippen molar-refractivity contribution >= 4 is 11.9 Å². The Morgan fingerprint density at radius 2 is 1.70 bits per heavy atom. The Kier molecular flexibility index (Phi) is 11.0. The number of nitrogens with zero attached hydrogens (tertiary/aromatic N) is 1. The van der Waals surface area contributed by atoms with E-state index in [0.717, 1.165) is 17.9 Å². The summed E-state index contributed by atoms with van der Waals surface area (Å²) in [6, 6.07) is 7.36. The molecule has 0 heterocycles. The van der Waals surface area contributed by atoms with E-state index in [1.54, 1.807) is 18.9 Å². The first kappa shape index (κ1) is 22.8. The van der Waals surface area contributed by atoms with E-state index in [-0.39, 0.29) is 18.3 Å². The molecule has 1 aromatic rings. The van der Waals surface area contributed by atoms with E-state index in [9.17, 15) is 9.59 Å². The molecule has 6 heteroatoms. The molecule has 0 fully saturated rings. The molecule has 0 saturated carbocycles. The molecule has 27 heavy (non-hydrogen) atoms. The Bertz CT molecular complexity index is 556. The van der Waals surface area contributed by atoms with Crippen LogP contribution in [0, 0.1) is 5.92 Å². The first-order chi connectivity index (χ1) is 13.0. The van der Waals surface area contributed by atoms with Crippen LogP contribution in [0.25, 0.3) is 0 Å². The van der Waals surface area contributed by atoms with Gasteiger partial charge in [-0.05, 0) is 49.9 Å². The van der Waals surface area contributed by atoms with E-state index in [4.69, 9.17) is 14.2 Å². The third-order valence-corrected chi connectivity index (χ3v) is 4.08. The van der Waals surface area contributed by atoms with Crippen LogP contribution < -0.4 is 9.47 Å². The molecule has 0 aliphatic heterocycles. The molecule has 152 valence electrons. The summed E-state index contributed by atoms with van der Waals surface area (Å²) in [7, 11) is 1.62. The lowest BCUT2D eigenvalue weighted by molar-refractivity contribution is -0.144. The van der Waals surface area contributed by atoms with Crippen molar-refractivity contribution in [3.8, 4) is 11.5 Å². The van der Waals surface area contributed by atoms with Crippen molar-refractivity contribution in [2.75, 3.05) is 33.4 Å². The molecule has 0 N–H and O–H groups in total. The SMILES string of the molecule is CCOC(=O)CCN(CCC(C)C)C(=O)CCCOc1ccc(OC)cc1. The molecule has 0 aliphatic carbocycles. The zero-order valence-electron chi connectivity index (χ0n) is 17.0. The highest BCUT2D eigenvalue weighted by atomic mass is 16.5. The molecule has 1 aromatic carbocycles. The summed E-state index contributed by atoms with van der Waals surface area (Å²) in [6.45, 7) is 7.92. The molecular formula is C21H33NO5. The van der Waals surface area contributed by atoms with Crippen LogP contribution in [0.5, 0.6) is 11.5 Å². The number of carbonyl (C=O) groups is 2. The van der Waals surface area contributed by atoms with Crippen LogP contribution in [0.3, 0.4) is 0 Å². The molecule has 1 rings (SSSR count). The molecule has 0 aliphatic rings. The van der Waals surface area contributed by atoms with Gasteiger partial charge < -0.3 is 19.1 Å². The highest BCUT2D eigenvalue weighted by molar-refractivity contribution is 5.77. The molecule has 0 bridgehead atoms. The van der Waals surface area contributed by atoms with E-state index in [0.29, 0.717) is 45.1 Å². The fourth-order valence-electron chi connectivity index (χ4n) is 2.48. The van der Waals surface area contributed by atoms with Crippen molar-refractivity contribution < 1.29 is 23.8 Å². The van der Waals surface area contributed by atoms with Crippen molar-refractivity contribution in [2.24, 2.45) is 5.92 Å².